The van der Waals surface area contributed by atoms with Gasteiger partial charge in [-0.15, -0.1) is 11.3 Å². The molecule has 1 aliphatic rings. The van der Waals surface area contributed by atoms with Crippen LogP contribution in [0.15, 0.2) is 10.5 Å². The molecule has 5 N–H and O–H groups in total. The number of aliphatic carboxylic acids is 1. The van der Waals surface area contributed by atoms with E-state index in [1.54, 1.807) is 0 Å². The molecule has 17 heteroatoms. The Hall–Kier alpha value is -3.15. The van der Waals surface area contributed by atoms with E-state index in [9.17, 15) is 32.1 Å². The number of carboxylic acid groups (broad SMARTS) is 1. The van der Waals surface area contributed by atoms with Crippen LogP contribution >= 0.6 is 11.3 Å². The van der Waals surface area contributed by atoms with E-state index in [0.29, 0.717) is 0 Å². The van der Waals surface area contributed by atoms with Gasteiger partial charge >= 0.3 is 16.3 Å². The number of aromatic nitrogens is 1. The molecule has 0 radical (unpaired) electrons. The molecule has 176 valence electrons. The van der Waals surface area contributed by atoms with Gasteiger partial charge in [0.15, 0.2) is 17.1 Å². The van der Waals surface area contributed by atoms with Crippen LogP contribution in [0.25, 0.3) is 0 Å². The molecule has 1 saturated heterocycles. The molecule has 0 spiro atoms. The van der Waals surface area contributed by atoms with Gasteiger partial charge in [0.25, 0.3) is 11.8 Å². The van der Waals surface area contributed by atoms with E-state index in [-0.39, 0.29) is 21.4 Å². The van der Waals surface area contributed by atoms with Crippen molar-refractivity contribution < 1.29 is 46.8 Å². The van der Waals surface area contributed by atoms with E-state index < -0.39 is 57.6 Å². The average molecular weight is 493 g/mol. The maximum absolute atomic E-state index is 12.8. The second-order valence-electron chi connectivity index (χ2n) is 6.81. The van der Waals surface area contributed by atoms with Gasteiger partial charge in [-0.2, -0.15) is 8.42 Å². The second kappa shape index (κ2) is 9.15. The SMILES string of the molecule is COC(C=O)C1C(NC(=O)C(=NOC(C)(C)C(=O)O)c2csc(N)n2)C(=O)N1S(=O)(=O)O. The fourth-order valence-corrected chi connectivity index (χ4v) is 3.94. The molecule has 2 rings (SSSR count). The fraction of sp³-hybridized carbons (Fsp3) is 0.467. The molecule has 0 saturated carbocycles. The first kappa shape index (κ1) is 25.1. The van der Waals surface area contributed by atoms with Crippen molar-refractivity contribution in [1.82, 2.24) is 14.6 Å². The Morgan fingerprint density at radius 3 is 2.53 bits per heavy atom. The number of oxime groups is 1. The second-order valence-corrected chi connectivity index (χ2v) is 8.99. The van der Waals surface area contributed by atoms with Gasteiger partial charge < -0.3 is 30.5 Å². The van der Waals surface area contributed by atoms with Crippen molar-refractivity contribution in [1.29, 1.82) is 0 Å². The largest absolute Gasteiger partial charge is 0.478 e. The molecule has 1 aliphatic heterocycles. The molecular weight excluding hydrogens is 474 g/mol. The number of carbonyl (C=O) groups excluding carboxylic acids is 3. The summed E-state index contributed by atoms with van der Waals surface area (Å²) in [7, 11) is -4.01. The van der Waals surface area contributed by atoms with Crippen molar-refractivity contribution in [2.24, 2.45) is 5.16 Å². The molecule has 1 aromatic rings. The summed E-state index contributed by atoms with van der Waals surface area (Å²) in [6.07, 6.45) is -1.33. The van der Waals surface area contributed by atoms with Crippen molar-refractivity contribution >= 4 is 56.6 Å². The Labute approximate surface area is 185 Å². The maximum Gasteiger partial charge on any atom is 0.362 e. The number of ether oxygens (including phenoxy) is 1. The first-order chi connectivity index (χ1) is 14.7. The number of hydrogen-bond acceptors (Lipinski definition) is 12. The number of nitrogens with one attached hydrogen (secondary N) is 1. The van der Waals surface area contributed by atoms with Crippen molar-refractivity contribution in [2.75, 3.05) is 12.8 Å². The third-order valence-corrected chi connectivity index (χ3v) is 5.83. The van der Waals surface area contributed by atoms with Crippen LogP contribution in [0.4, 0.5) is 5.13 Å². The zero-order valence-electron chi connectivity index (χ0n) is 16.8. The van der Waals surface area contributed by atoms with Crippen LogP contribution in [0.3, 0.4) is 0 Å². The lowest BCUT2D eigenvalue weighted by Gasteiger charge is -2.45. The van der Waals surface area contributed by atoms with Gasteiger partial charge in [0.05, 0.1) is 0 Å². The zero-order valence-corrected chi connectivity index (χ0v) is 18.4. The Bertz CT molecular complexity index is 1070. The lowest BCUT2D eigenvalue weighted by molar-refractivity contribution is -0.161. The van der Waals surface area contributed by atoms with Crippen LogP contribution in [0.2, 0.25) is 0 Å². The standard InChI is InChI=1S/C15H19N5O10S2/c1-15(2,13(24)25)30-19-8(6-5-31-14(16)17-6)11(22)18-9-10(7(4-21)29-3)20(12(9)23)32(26,27)28/h4-5,7,9-10H,1-3H3,(H2,16,17)(H,18,22)(H,24,25)(H,26,27,28). The van der Waals surface area contributed by atoms with Crippen LogP contribution in [0, 0.1) is 0 Å². The van der Waals surface area contributed by atoms with Crippen LogP contribution in [-0.2, 0) is 39.1 Å². The van der Waals surface area contributed by atoms with Crippen LogP contribution in [0.1, 0.15) is 19.5 Å². The van der Waals surface area contributed by atoms with Gasteiger partial charge in [-0.1, -0.05) is 5.16 Å². The summed E-state index contributed by atoms with van der Waals surface area (Å²) in [5, 5.41) is 16.2. The van der Waals surface area contributed by atoms with Gasteiger partial charge in [0.1, 0.15) is 23.9 Å². The third-order valence-electron chi connectivity index (χ3n) is 4.23. The van der Waals surface area contributed by atoms with Crippen LogP contribution in [0.5, 0.6) is 0 Å². The van der Waals surface area contributed by atoms with Gasteiger partial charge in [-0.25, -0.2) is 14.1 Å². The molecule has 3 atom stereocenters. The zero-order chi connectivity index (χ0) is 24.4. The number of rotatable bonds is 10. The minimum atomic E-state index is -5.06. The molecule has 15 nitrogen and oxygen atoms in total. The number of nitrogens with zero attached hydrogens (tertiary/aromatic N) is 3. The van der Waals surface area contributed by atoms with Gasteiger partial charge in [0.2, 0.25) is 5.60 Å². The Morgan fingerprint density at radius 1 is 1.47 bits per heavy atom. The first-order valence-electron chi connectivity index (χ1n) is 8.55. The highest BCUT2D eigenvalue weighted by atomic mass is 32.2. The molecular formula is C15H19N5O10S2. The molecule has 3 unspecified atom stereocenters. The lowest BCUT2D eigenvalue weighted by atomic mass is 9.93. The number of aldehydes is 1. The van der Waals surface area contributed by atoms with Crippen LogP contribution in [-0.4, -0.2) is 88.0 Å². The molecule has 32 heavy (non-hydrogen) atoms. The molecule has 0 aromatic carbocycles. The summed E-state index contributed by atoms with van der Waals surface area (Å²) in [5.74, 6) is -3.78. The number of anilines is 1. The van der Waals surface area contributed by atoms with Crippen molar-refractivity contribution in [3.8, 4) is 0 Å². The van der Waals surface area contributed by atoms with E-state index in [1.165, 1.54) is 5.38 Å². The Kier molecular flexibility index (Phi) is 7.18. The summed E-state index contributed by atoms with van der Waals surface area (Å²) >= 11 is 0.926. The van der Waals surface area contributed by atoms with Crippen molar-refractivity contribution in [3.63, 3.8) is 0 Å². The van der Waals surface area contributed by atoms with E-state index in [0.717, 1.165) is 32.3 Å². The number of methoxy groups -OCH3 is 1. The smallest absolute Gasteiger partial charge is 0.362 e. The van der Waals surface area contributed by atoms with Crippen LogP contribution < -0.4 is 11.1 Å². The number of amides is 2. The summed E-state index contributed by atoms with van der Waals surface area (Å²) in [6, 6.07) is -3.21. The monoisotopic (exact) mass is 493 g/mol. The first-order valence-corrected chi connectivity index (χ1v) is 10.8. The number of carboxylic acids is 1. The lowest BCUT2D eigenvalue weighted by Crippen LogP contribution is -2.76. The summed E-state index contributed by atoms with van der Waals surface area (Å²) < 4.78 is 37.0. The van der Waals surface area contributed by atoms with Crippen molar-refractivity contribution in [3.05, 3.63) is 11.1 Å². The highest BCUT2D eigenvalue weighted by Crippen LogP contribution is 2.27. The highest BCUT2D eigenvalue weighted by Gasteiger charge is 2.57. The molecule has 2 heterocycles. The van der Waals surface area contributed by atoms with E-state index in [2.05, 4.69) is 15.5 Å². The maximum atomic E-state index is 12.8. The van der Waals surface area contributed by atoms with E-state index >= 15 is 0 Å². The van der Waals surface area contributed by atoms with E-state index in [1.807, 2.05) is 0 Å². The number of thiazole rings is 1. The fourth-order valence-electron chi connectivity index (χ4n) is 2.51. The molecule has 1 aromatic heterocycles. The summed E-state index contributed by atoms with van der Waals surface area (Å²) in [4.78, 5) is 56.4. The van der Waals surface area contributed by atoms with Gasteiger partial charge in [-0.3, -0.25) is 14.1 Å². The summed E-state index contributed by atoms with van der Waals surface area (Å²) in [5.41, 5.74) is 3.00. The molecule has 2 amide bonds. The molecule has 1 fully saturated rings. The predicted octanol–water partition coefficient (Wildman–Crippen LogP) is -1.98. The normalized spacial score (nSPS) is 20.3. The van der Waals surface area contributed by atoms with Crippen molar-refractivity contribution in [2.45, 2.75) is 37.6 Å². The van der Waals surface area contributed by atoms with Gasteiger partial charge in [-0.05, 0) is 13.8 Å². The average Bonchev–Trinajstić information content (AvgIpc) is 3.11. The molecule has 0 bridgehead atoms. The topological polar surface area (TPSA) is 228 Å². The number of nitrogens with two attached hydrogens (primary N) is 1. The minimum absolute atomic E-state index is 0.0117. The minimum Gasteiger partial charge on any atom is -0.478 e. The van der Waals surface area contributed by atoms with E-state index in [4.69, 9.17) is 20.4 Å². The number of hydrogen-bond donors (Lipinski definition) is 4. The Morgan fingerprint density at radius 2 is 2.09 bits per heavy atom. The predicted molar refractivity (Wildman–Crippen MR) is 107 cm³/mol. The number of nitrogen functional groups attached to an aromatic ring is 1. The third kappa shape index (κ3) is 5.01. The highest BCUT2D eigenvalue weighted by molar-refractivity contribution is 7.84. The van der Waals surface area contributed by atoms with Gasteiger partial charge in [0, 0.05) is 12.5 Å². The summed E-state index contributed by atoms with van der Waals surface area (Å²) in [6.45, 7) is 2.32. The quantitative estimate of drug-likeness (QED) is 0.0914. The molecule has 0 aliphatic carbocycles. The number of β-lactam (4-membered cyclic amide) rings is 1. The Balaban J connectivity index is 2.38. The number of carbonyl (C=O) groups is 4.